The van der Waals surface area contributed by atoms with E-state index in [4.69, 9.17) is 43.1 Å². The summed E-state index contributed by atoms with van der Waals surface area (Å²) in [6.07, 6.45) is 7.45. The van der Waals surface area contributed by atoms with Gasteiger partial charge in [-0.2, -0.15) is 0 Å². The van der Waals surface area contributed by atoms with Crippen molar-refractivity contribution in [2.75, 3.05) is 0 Å². The number of aliphatic imine (C=N–C) groups is 2. The molecule has 0 amide bonds. The number of hydrogen-bond acceptors (Lipinski definition) is 6. The van der Waals surface area contributed by atoms with Crippen molar-refractivity contribution < 1.29 is 37.2 Å². The number of halogens is 2. The zero-order valence-electron chi connectivity index (χ0n) is 23.7. The van der Waals surface area contributed by atoms with Gasteiger partial charge < -0.3 is 20.1 Å². The van der Waals surface area contributed by atoms with Gasteiger partial charge in [0.2, 0.25) is 0 Å². The van der Waals surface area contributed by atoms with Gasteiger partial charge in [-0.15, -0.1) is 0 Å². The van der Waals surface area contributed by atoms with Crippen molar-refractivity contribution in [2.45, 2.75) is 97.1 Å². The van der Waals surface area contributed by atoms with Gasteiger partial charge in [0.1, 0.15) is 11.5 Å². The Labute approximate surface area is 253 Å². The second-order valence-corrected chi connectivity index (χ2v) is 12.6. The van der Waals surface area contributed by atoms with Crippen LogP contribution >= 0.6 is 23.2 Å². The summed E-state index contributed by atoms with van der Waals surface area (Å²) in [5.74, 6) is -0.648. The molecule has 3 rings (SSSR count). The first kappa shape index (κ1) is 35.0. The van der Waals surface area contributed by atoms with Gasteiger partial charge in [0, 0.05) is 67.8 Å². The van der Waals surface area contributed by atoms with Gasteiger partial charge in [-0.3, -0.25) is 9.98 Å². The largest absolute Gasteiger partial charge is 0.550 e. The number of carboxylic acid groups (broad SMARTS) is 1. The normalized spacial score (nSPS) is 18.0. The molecule has 9 heteroatoms. The van der Waals surface area contributed by atoms with E-state index in [0.29, 0.717) is 21.2 Å². The molecule has 0 unspecified atom stereocenters. The van der Waals surface area contributed by atoms with Crippen LogP contribution in [0, 0.1) is 0 Å². The number of rotatable bonds is 4. The molecule has 0 saturated heterocycles. The van der Waals surface area contributed by atoms with Gasteiger partial charge in [-0.25, -0.2) is 0 Å². The van der Waals surface area contributed by atoms with E-state index in [1.165, 1.54) is 0 Å². The number of phenolic OH excluding ortho intramolecular Hbond substituents is 2. The molecule has 1 aliphatic rings. The number of hydrogen-bond donors (Lipinski definition) is 2. The molecule has 0 aliphatic heterocycles. The SMILES string of the molecule is CC(=O)[O-].CC(C)(C)c1cc(Cl)cc(C=N[C@@H]2CCCC[C@H]2N=Cc2cc(Cl)cc(C(C)(C)C)c2O)c1O.[Mn]. The maximum Gasteiger partial charge on any atom is 0.128 e. The molecule has 2 N–H and O–H groups in total. The fourth-order valence-electron chi connectivity index (χ4n) is 4.37. The van der Waals surface area contributed by atoms with Crippen LogP contribution in [0.3, 0.4) is 0 Å². The van der Waals surface area contributed by atoms with Crippen molar-refractivity contribution in [1.29, 1.82) is 0 Å². The number of aromatic hydroxyl groups is 2. The third-order valence-electron chi connectivity index (χ3n) is 6.33. The van der Waals surface area contributed by atoms with Crippen LogP contribution in [-0.4, -0.2) is 40.7 Å². The Morgan fingerprint density at radius 2 is 1.13 bits per heavy atom. The van der Waals surface area contributed by atoms with E-state index in [-0.39, 0.29) is 51.5 Å². The Morgan fingerprint density at radius 3 is 1.41 bits per heavy atom. The molecular weight excluding hydrogens is 578 g/mol. The number of carboxylic acids is 1. The second kappa shape index (κ2) is 14.5. The summed E-state index contributed by atoms with van der Waals surface area (Å²) >= 11 is 12.7. The van der Waals surface area contributed by atoms with Crippen LogP contribution in [0.25, 0.3) is 0 Å². The minimum atomic E-state index is -1.08. The topological polar surface area (TPSA) is 105 Å². The Kier molecular flexibility index (Phi) is 13.0. The van der Waals surface area contributed by atoms with Crippen molar-refractivity contribution in [1.82, 2.24) is 0 Å². The first-order valence-electron chi connectivity index (χ1n) is 12.8. The number of phenols is 2. The van der Waals surface area contributed by atoms with Gasteiger partial charge in [-0.05, 0) is 54.9 Å². The van der Waals surface area contributed by atoms with Crippen molar-refractivity contribution in [2.24, 2.45) is 9.98 Å². The Bertz CT molecular complexity index is 1110. The standard InChI is InChI=1S/C28H36Cl2N2O2.C2H4O2.Mn/c1-27(2,3)21-13-19(29)11-17(25(21)33)15-31-23-9-7-8-10-24(23)32-16-18-12-20(30)14-22(26(18)34)28(4,5)6;1-2(3)4;/h11-16,23-24,33-34H,7-10H2,1-6H3;1H3,(H,3,4);/p-1/t23-,24-;;/m1../s1. The first-order chi connectivity index (χ1) is 17.5. The minimum absolute atomic E-state index is 0. The molecule has 39 heavy (non-hydrogen) atoms. The monoisotopic (exact) mass is 616 g/mol. The van der Waals surface area contributed by atoms with E-state index in [1.807, 2.05) is 53.7 Å². The molecular formula is C30H39Cl2MnN2O4-. The average molecular weight is 617 g/mol. The second-order valence-electron chi connectivity index (χ2n) is 11.7. The molecule has 1 fully saturated rings. The van der Waals surface area contributed by atoms with Crippen LogP contribution < -0.4 is 5.11 Å². The molecule has 0 bridgehead atoms. The Hall–Kier alpha value is -2.05. The zero-order valence-corrected chi connectivity index (χ0v) is 26.4. The maximum absolute atomic E-state index is 10.8. The van der Waals surface area contributed by atoms with Crippen molar-refractivity contribution in [3.8, 4) is 11.5 Å². The Balaban J connectivity index is 0.00000142. The Morgan fingerprint density at radius 1 is 0.821 bits per heavy atom. The molecule has 1 aliphatic carbocycles. The van der Waals surface area contributed by atoms with Gasteiger partial charge in [0.25, 0.3) is 0 Å². The molecule has 2 aromatic rings. The van der Waals surface area contributed by atoms with Crippen LogP contribution in [-0.2, 0) is 32.7 Å². The van der Waals surface area contributed by atoms with E-state index >= 15 is 0 Å². The molecule has 0 aromatic heterocycles. The quantitative estimate of drug-likeness (QED) is 0.298. The summed E-state index contributed by atoms with van der Waals surface area (Å²) in [6.45, 7) is 13.2. The molecule has 1 radical (unpaired) electrons. The molecule has 0 heterocycles. The summed E-state index contributed by atoms with van der Waals surface area (Å²) in [4.78, 5) is 18.5. The van der Waals surface area contributed by atoms with Crippen LogP contribution in [0.15, 0.2) is 34.3 Å². The third kappa shape index (κ3) is 10.5. The van der Waals surface area contributed by atoms with Crippen molar-refractivity contribution >= 4 is 41.6 Å². The molecule has 2 atom stereocenters. The van der Waals surface area contributed by atoms with Gasteiger partial charge >= 0.3 is 0 Å². The molecule has 6 nitrogen and oxygen atoms in total. The summed E-state index contributed by atoms with van der Waals surface area (Å²) in [5, 5.41) is 31.7. The number of carbonyl (C=O) groups is 1. The summed E-state index contributed by atoms with van der Waals surface area (Å²) < 4.78 is 0. The average Bonchev–Trinajstić information content (AvgIpc) is 2.78. The first-order valence-corrected chi connectivity index (χ1v) is 13.6. The molecule has 0 spiro atoms. The number of aliphatic carboxylic acids is 1. The van der Waals surface area contributed by atoms with E-state index in [0.717, 1.165) is 43.7 Å². The van der Waals surface area contributed by atoms with Crippen LogP contribution in [0.5, 0.6) is 11.5 Å². The molecule has 215 valence electrons. The van der Waals surface area contributed by atoms with E-state index in [9.17, 15) is 10.2 Å². The zero-order chi connectivity index (χ0) is 28.8. The number of benzene rings is 2. The van der Waals surface area contributed by atoms with Crippen molar-refractivity contribution in [3.63, 3.8) is 0 Å². The van der Waals surface area contributed by atoms with Gasteiger partial charge in [0.05, 0.1) is 12.1 Å². The smallest absolute Gasteiger partial charge is 0.128 e. The van der Waals surface area contributed by atoms with Gasteiger partial charge in [0.15, 0.2) is 0 Å². The summed E-state index contributed by atoms with van der Waals surface area (Å²) in [5.41, 5.74) is 2.36. The van der Waals surface area contributed by atoms with E-state index < -0.39 is 5.97 Å². The number of carbonyl (C=O) groups excluding carboxylic acids is 1. The maximum atomic E-state index is 10.8. The minimum Gasteiger partial charge on any atom is -0.550 e. The van der Waals surface area contributed by atoms with Crippen LogP contribution in [0.2, 0.25) is 10.0 Å². The fourth-order valence-corrected chi connectivity index (χ4v) is 4.83. The predicted molar refractivity (Wildman–Crippen MR) is 156 cm³/mol. The molecule has 1 saturated carbocycles. The number of nitrogens with zero attached hydrogens (tertiary/aromatic N) is 2. The molecule has 2 aromatic carbocycles. The summed E-state index contributed by atoms with van der Waals surface area (Å²) in [6, 6.07) is 7.09. The van der Waals surface area contributed by atoms with E-state index in [1.54, 1.807) is 24.6 Å². The third-order valence-corrected chi connectivity index (χ3v) is 6.76. The van der Waals surface area contributed by atoms with Crippen LogP contribution in [0.4, 0.5) is 0 Å². The summed E-state index contributed by atoms with van der Waals surface area (Å²) in [7, 11) is 0. The van der Waals surface area contributed by atoms with E-state index in [2.05, 4.69) is 0 Å². The fraction of sp³-hybridized carbons (Fsp3) is 0.500. The predicted octanol–water partition coefficient (Wildman–Crippen LogP) is 6.60. The van der Waals surface area contributed by atoms with Crippen molar-refractivity contribution in [3.05, 3.63) is 56.6 Å². The van der Waals surface area contributed by atoms with Gasteiger partial charge in [-0.1, -0.05) is 77.6 Å². The van der Waals surface area contributed by atoms with Crippen LogP contribution in [0.1, 0.15) is 96.4 Å².